The van der Waals surface area contributed by atoms with E-state index >= 15 is 0 Å². The Kier molecular flexibility index (Phi) is 4.90. The maximum absolute atomic E-state index is 10.4. The predicted molar refractivity (Wildman–Crippen MR) is 49.0 cm³/mol. The Morgan fingerprint density at radius 1 is 1.62 bits per heavy atom. The van der Waals surface area contributed by atoms with Gasteiger partial charge in [0, 0.05) is 6.54 Å². The van der Waals surface area contributed by atoms with Gasteiger partial charge in [0.15, 0.2) is 0 Å². The number of nitrogens with one attached hydrogen (secondary N) is 1. The van der Waals surface area contributed by atoms with Gasteiger partial charge in [0.1, 0.15) is 6.10 Å². The number of carbonyl (C=O) groups excluding carboxylic acids is 1. The molecular formula is C8H18N2O3. The molecule has 0 spiro atoms. The number of primary amides is 1. The lowest BCUT2D eigenvalue weighted by atomic mass is 10.1. The van der Waals surface area contributed by atoms with E-state index in [9.17, 15) is 9.90 Å². The first-order valence-corrected chi connectivity index (χ1v) is 4.23. The van der Waals surface area contributed by atoms with E-state index in [-0.39, 0.29) is 6.54 Å². The molecule has 0 aromatic rings. The highest BCUT2D eigenvalue weighted by Gasteiger charge is 2.13. The van der Waals surface area contributed by atoms with Gasteiger partial charge < -0.3 is 21.3 Å². The van der Waals surface area contributed by atoms with Crippen LogP contribution in [-0.2, 0) is 4.79 Å². The van der Waals surface area contributed by atoms with Gasteiger partial charge in [-0.05, 0) is 26.8 Å². The van der Waals surface area contributed by atoms with Gasteiger partial charge in [-0.25, -0.2) is 0 Å². The van der Waals surface area contributed by atoms with E-state index in [1.54, 1.807) is 13.8 Å². The van der Waals surface area contributed by atoms with Crippen molar-refractivity contribution in [3.05, 3.63) is 0 Å². The van der Waals surface area contributed by atoms with Gasteiger partial charge in [-0.15, -0.1) is 0 Å². The first-order valence-electron chi connectivity index (χ1n) is 4.23. The van der Waals surface area contributed by atoms with E-state index in [1.165, 1.54) is 0 Å². The van der Waals surface area contributed by atoms with Crippen LogP contribution in [0.4, 0.5) is 0 Å². The van der Waals surface area contributed by atoms with E-state index in [0.717, 1.165) is 0 Å². The second kappa shape index (κ2) is 5.16. The smallest absolute Gasteiger partial charge is 0.247 e. The molecule has 78 valence electrons. The Morgan fingerprint density at radius 2 is 2.15 bits per heavy atom. The minimum Gasteiger partial charge on any atom is -0.390 e. The number of aliphatic hydroxyl groups excluding tert-OH is 1. The van der Waals surface area contributed by atoms with Crippen LogP contribution in [0.1, 0.15) is 20.3 Å². The van der Waals surface area contributed by atoms with Crippen molar-refractivity contribution in [1.82, 2.24) is 5.32 Å². The van der Waals surface area contributed by atoms with Crippen LogP contribution in [0.2, 0.25) is 0 Å². The van der Waals surface area contributed by atoms with Gasteiger partial charge in [-0.2, -0.15) is 0 Å². The Bertz CT molecular complexity index is 165. The molecule has 0 aromatic heterocycles. The Labute approximate surface area is 77.9 Å². The number of rotatable bonds is 6. The SMILES string of the molecule is CC(C)(O)CCNCC(O)C(N)=O. The van der Waals surface area contributed by atoms with Crippen molar-refractivity contribution in [2.45, 2.75) is 32.0 Å². The third-order valence-corrected chi connectivity index (χ3v) is 1.58. The zero-order valence-corrected chi connectivity index (χ0v) is 8.08. The standard InChI is InChI=1S/C8H18N2O3/c1-8(2,13)3-4-10-5-6(11)7(9)12/h6,10-11,13H,3-5H2,1-2H3,(H2,9,12). The molecule has 0 fully saturated rings. The lowest BCUT2D eigenvalue weighted by molar-refractivity contribution is -0.125. The largest absolute Gasteiger partial charge is 0.390 e. The number of hydrogen-bond donors (Lipinski definition) is 4. The summed E-state index contributed by atoms with van der Waals surface area (Å²) in [5.74, 6) is -0.740. The summed E-state index contributed by atoms with van der Waals surface area (Å²) in [6, 6.07) is 0. The summed E-state index contributed by atoms with van der Waals surface area (Å²) in [5.41, 5.74) is 4.09. The van der Waals surface area contributed by atoms with Gasteiger partial charge in [0.25, 0.3) is 0 Å². The summed E-state index contributed by atoms with van der Waals surface area (Å²) in [6.45, 7) is 4.05. The van der Waals surface area contributed by atoms with Crippen LogP contribution in [-0.4, -0.2) is 40.9 Å². The number of amides is 1. The molecular weight excluding hydrogens is 172 g/mol. The van der Waals surface area contributed by atoms with Crippen molar-refractivity contribution in [2.75, 3.05) is 13.1 Å². The molecule has 1 amide bonds. The van der Waals surface area contributed by atoms with Crippen molar-refractivity contribution in [2.24, 2.45) is 5.73 Å². The van der Waals surface area contributed by atoms with Gasteiger partial charge in [-0.3, -0.25) is 4.79 Å². The molecule has 13 heavy (non-hydrogen) atoms. The molecule has 5 nitrogen and oxygen atoms in total. The van der Waals surface area contributed by atoms with Crippen LogP contribution >= 0.6 is 0 Å². The monoisotopic (exact) mass is 190 g/mol. The minimum atomic E-state index is -1.15. The van der Waals surface area contributed by atoms with E-state index in [1.807, 2.05) is 0 Å². The van der Waals surface area contributed by atoms with Gasteiger partial charge in [0.05, 0.1) is 5.60 Å². The molecule has 1 unspecified atom stereocenters. The van der Waals surface area contributed by atoms with E-state index < -0.39 is 17.6 Å². The van der Waals surface area contributed by atoms with E-state index in [0.29, 0.717) is 13.0 Å². The Morgan fingerprint density at radius 3 is 2.54 bits per heavy atom. The highest BCUT2D eigenvalue weighted by Crippen LogP contribution is 2.04. The molecule has 0 aliphatic rings. The quantitative estimate of drug-likeness (QED) is 0.387. The second-order valence-electron chi connectivity index (χ2n) is 3.68. The zero-order chi connectivity index (χ0) is 10.5. The zero-order valence-electron chi connectivity index (χ0n) is 8.08. The van der Waals surface area contributed by atoms with Crippen molar-refractivity contribution in [1.29, 1.82) is 0 Å². The number of aliphatic hydroxyl groups is 2. The molecule has 0 bridgehead atoms. The van der Waals surface area contributed by atoms with Crippen molar-refractivity contribution >= 4 is 5.91 Å². The molecule has 0 aliphatic carbocycles. The number of carbonyl (C=O) groups is 1. The molecule has 5 N–H and O–H groups in total. The molecule has 1 atom stereocenters. The molecule has 0 aromatic carbocycles. The van der Waals surface area contributed by atoms with Crippen LogP contribution in [0.3, 0.4) is 0 Å². The van der Waals surface area contributed by atoms with E-state index in [2.05, 4.69) is 5.32 Å². The van der Waals surface area contributed by atoms with Crippen LogP contribution in [0.25, 0.3) is 0 Å². The average Bonchev–Trinajstić information content (AvgIpc) is 1.95. The van der Waals surface area contributed by atoms with Crippen LogP contribution in [0, 0.1) is 0 Å². The second-order valence-corrected chi connectivity index (χ2v) is 3.68. The fourth-order valence-electron chi connectivity index (χ4n) is 0.734. The average molecular weight is 190 g/mol. The fraction of sp³-hybridized carbons (Fsp3) is 0.875. The number of hydrogen-bond acceptors (Lipinski definition) is 4. The molecule has 0 saturated heterocycles. The molecule has 0 heterocycles. The first kappa shape index (κ1) is 12.3. The molecule has 0 aliphatic heterocycles. The summed E-state index contributed by atoms with van der Waals surface area (Å²) >= 11 is 0. The molecule has 0 radical (unpaired) electrons. The highest BCUT2D eigenvalue weighted by atomic mass is 16.3. The summed E-state index contributed by atoms with van der Waals surface area (Å²) in [6.07, 6.45) is -0.597. The normalized spacial score (nSPS) is 14.2. The Hall–Kier alpha value is -0.650. The molecule has 5 heteroatoms. The minimum absolute atomic E-state index is 0.130. The van der Waals surface area contributed by atoms with Crippen LogP contribution in [0.5, 0.6) is 0 Å². The van der Waals surface area contributed by atoms with Gasteiger partial charge in [-0.1, -0.05) is 0 Å². The van der Waals surface area contributed by atoms with Gasteiger partial charge >= 0.3 is 0 Å². The van der Waals surface area contributed by atoms with E-state index in [4.69, 9.17) is 10.8 Å². The van der Waals surface area contributed by atoms with Crippen LogP contribution < -0.4 is 11.1 Å². The number of nitrogens with two attached hydrogens (primary N) is 1. The summed E-state index contributed by atoms with van der Waals surface area (Å²) in [4.78, 5) is 10.4. The third kappa shape index (κ3) is 7.70. The molecule has 0 rings (SSSR count). The Balaban J connectivity index is 3.41. The molecule has 0 saturated carbocycles. The van der Waals surface area contributed by atoms with Crippen molar-refractivity contribution in [3.63, 3.8) is 0 Å². The summed E-state index contributed by atoms with van der Waals surface area (Å²) < 4.78 is 0. The lowest BCUT2D eigenvalue weighted by Gasteiger charge is -2.17. The highest BCUT2D eigenvalue weighted by molar-refractivity contribution is 5.78. The maximum atomic E-state index is 10.4. The predicted octanol–water partition coefficient (Wildman–Crippen LogP) is -1.42. The van der Waals surface area contributed by atoms with Gasteiger partial charge in [0.2, 0.25) is 5.91 Å². The van der Waals surface area contributed by atoms with Crippen LogP contribution in [0.15, 0.2) is 0 Å². The fourth-order valence-corrected chi connectivity index (χ4v) is 0.734. The third-order valence-electron chi connectivity index (χ3n) is 1.58. The van der Waals surface area contributed by atoms with Crippen molar-refractivity contribution in [3.8, 4) is 0 Å². The summed E-state index contributed by atoms with van der Waals surface area (Å²) in [5, 5.41) is 21.1. The topological polar surface area (TPSA) is 95.6 Å². The lowest BCUT2D eigenvalue weighted by Crippen LogP contribution is -2.39. The maximum Gasteiger partial charge on any atom is 0.247 e. The van der Waals surface area contributed by atoms with Crippen molar-refractivity contribution < 1.29 is 15.0 Å². The summed E-state index contributed by atoms with van der Waals surface area (Å²) in [7, 11) is 0. The first-order chi connectivity index (χ1) is 5.83.